The molecule has 0 spiro atoms. The molecule has 0 aromatic carbocycles. The highest BCUT2D eigenvalue weighted by Crippen LogP contribution is 2.27. The van der Waals surface area contributed by atoms with Crippen molar-refractivity contribution < 1.29 is 4.74 Å². The van der Waals surface area contributed by atoms with E-state index in [0.717, 1.165) is 19.6 Å². The highest BCUT2D eigenvalue weighted by Gasteiger charge is 2.23. The number of aromatic nitrogens is 1. The lowest BCUT2D eigenvalue weighted by molar-refractivity contribution is 0.0916. The first-order chi connectivity index (χ1) is 6.86. The number of nitrogens with two attached hydrogens (primary N) is 1. The van der Waals surface area contributed by atoms with Crippen molar-refractivity contribution in [3.8, 4) is 0 Å². The molecular formula is C10H14N2OS. The first-order valence-corrected chi connectivity index (χ1v) is 5.64. The smallest absolute Gasteiger partial charge is 0.0603 e. The molecule has 76 valence electrons. The lowest BCUT2D eigenvalue weighted by atomic mass is 10.1. The third-order valence-electron chi connectivity index (χ3n) is 2.29. The second-order valence-electron chi connectivity index (χ2n) is 3.37. The van der Waals surface area contributed by atoms with Crippen molar-refractivity contribution in [3.63, 3.8) is 0 Å². The van der Waals surface area contributed by atoms with Gasteiger partial charge in [0.25, 0.3) is 0 Å². The molecule has 1 aromatic heterocycles. The molecule has 0 amide bonds. The number of hydrogen-bond donors (Lipinski definition) is 1. The summed E-state index contributed by atoms with van der Waals surface area (Å²) in [7, 11) is 0. The molecule has 4 heteroatoms. The van der Waals surface area contributed by atoms with Gasteiger partial charge in [-0.25, -0.2) is 0 Å². The second-order valence-corrected chi connectivity index (χ2v) is 4.68. The zero-order chi connectivity index (χ0) is 9.80. The summed E-state index contributed by atoms with van der Waals surface area (Å²) in [5.74, 6) is 0. The number of thioether (sulfide) groups is 1. The Balaban J connectivity index is 1.96. The van der Waals surface area contributed by atoms with E-state index < -0.39 is 0 Å². The van der Waals surface area contributed by atoms with Gasteiger partial charge in [-0.3, -0.25) is 4.98 Å². The van der Waals surface area contributed by atoms with Crippen molar-refractivity contribution in [3.05, 3.63) is 24.5 Å². The summed E-state index contributed by atoms with van der Waals surface area (Å²) in [4.78, 5) is 5.20. The Morgan fingerprint density at radius 3 is 2.93 bits per heavy atom. The summed E-state index contributed by atoms with van der Waals surface area (Å²) in [6.45, 7) is 1.56. The summed E-state index contributed by atoms with van der Waals surface area (Å²) < 4.78 is 5.41. The quantitative estimate of drug-likeness (QED) is 0.799. The van der Waals surface area contributed by atoms with E-state index in [2.05, 4.69) is 4.98 Å². The molecule has 1 saturated heterocycles. The van der Waals surface area contributed by atoms with Gasteiger partial charge < -0.3 is 10.5 Å². The van der Waals surface area contributed by atoms with Crippen LogP contribution < -0.4 is 5.73 Å². The van der Waals surface area contributed by atoms with Crippen LogP contribution in [0.25, 0.3) is 0 Å². The molecule has 2 unspecified atom stereocenters. The van der Waals surface area contributed by atoms with Gasteiger partial charge in [0.05, 0.1) is 6.61 Å². The maximum absolute atomic E-state index is 6.01. The Morgan fingerprint density at radius 1 is 1.43 bits per heavy atom. The molecular weight excluding hydrogens is 196 g/mol. The van der Waals surface area contributed by atoms with Gasteiger partial charge in [0.1, 0.15) is 0 Å². The Morgan fingerprint density at radius 2 is 2.21 bits per heavy atom. The van der Waals surface area contributed by atoms with Crippen molar-refractivity contribution >= 4 is 11.8 Å². The first-order valence-electron chi connectivity index (χ1n) is 4.76. The fourth-order valence-corrected chi connectivity index (χ4v) is 2.54. The summed E-state index contributed by atoms with van der Waals surface area (Å²) in [6, 6.07) is 4.26. The Bertz CT molecular complexity index is 281. The lowest BCUT2D eigenvalue weighted by Crippen LogP contribution is -2.40. The van der Waals surface area contributed by atoms with Crippen molar-refractivity contribution in [2.24, 2.45) is 5.73 Å². The van der Waals surface area contributed by atoms with Crippen LogP contribution in [-0.4, -0.2) is 29.5 Å². The van der Waals surface area contributed by atoms with Crippen molar-refractivity contribution in [2.75, 3.05) is 13.2 Å². The fourth-order valence-electron chi connectivity index (χ4n) is 1.44. The predicted octanol–water partition coefficient (Wildman–Crippen LogP) is 1.29. The van der Waals surface area contributed by atoms with Crippen LogP contribution in [0.3, 0.4) is 0 Å². The highest BCUT2D eigenvalue weighted by molar-refractivity contribution is 8.00. The lowest BCUT2D eigenvalue weighted by Gasteiger charge is -2.27. The molecule has 14 heavy (non-hydrogen) atoms. The average Bonchev–Trinajstić information content (AvgIpc) is 2.23. The molecule has 1 aliphatic heterocycles. The van der Waals surface area contributed by atoms with E-state index >= 15 is 0 Å². The summed E-state index contributed by atoms with van der Waals surface area (Å²) >= 11 is 1.78. The number of rotatable bonds is 2. The van der Waals surface area contributed by atoms with Crippen LogP contribution in [0.5, 0.6) is 0 Å². The number of nitrogens with zero attached hydrogens (tertiary/aromatic N) is 1. The molecule has 3 nitrogen and oxygen atoms in total. The summed E-state index contributed by atoms with van der Waals surface area (Å²) in [5, 5.41) is 0.381. The van der Waals surface area contributed by atoms with Gasteiger partial charge in [-0.2, -0.15) is 0 Å². The minimum atomic E-state index is 0.252. The zero-order valence-electron chi connectivity index (χ0n) is 7.93. The van der Waals surface area contributed by atoms with Gasteiger partial charge in [-0.15, -0.1) is 11.8 Å². The van der Waals surface area contributed by atoms with E-state index in [0.29, 0.717) is 5.25 Å². The van der Waals surface area contributed by atoms with E-state index in [-0.39, 0.29) is 6.04 Å². The van der Waals surface area contributed by atoms with Crippen LogP contribution >= 0.6 is 11.8 Å². The normalized spacial score (nSPS) is 27.5. The molecule has 0 radical (unpaired) electrons. The molecule has 1 aromatic rings. The molecule has 1 fully saturated rings. The molecule has 2 heterocycles. The second kappa shape index (κ2) is 4.77. The van der Waals surface area contributed by atoms with Crippen LogP contribution in [-0.2, 0) is 4.74 Å². The van der Waals surface area contributed by atoms with Gasteiger partial charge in [0.15, 0.2) is 0 Å². The first kappa shape index (κ1) is 9.96. The third-order valence-corrected chi connectivity index (χ3v) is 3.63. The predicted molar refractivity (Wildman–Crippen MR) is 57.3 cm³/mol. The van der Waals surface area contributed by atoms with E-state index in [1.165, 1.54) is 4.90 Å². The van der Waals surface area contributed by atoms with Gasteiger partial charge in [-0.05, 0) is 18.6 Å². The van der Waals surface area contributed by atoms with Crippen LogP contribution in [0, 0.1) is 0 Å². The molecule has 2 rings (SSSR count). The number of ether oxygens (including phenoxy) is 1. The largest absolute Gasteiger partial charge is 0.380 e. The Labute approximate surface area is 88.0 Å². The van der Waals surface area contributed by atoms with Crippen LogP contribution in [0.15, 0.2) is 29.4 Å². The van der Waals surface area contributed by atoms with Crippen LogP contribution in [0.2, 0.25) is 0 Å². The van der Waals surface area contributed by atoms with E-state index in [4.69, 9.17) is 10.5 Å². The SMILES string of the molecule is NC1CCOCC1Sc1ccncc1. The minimum Gasteiger partial charge on any atom is -0.380 e. The molecule has 1 aliphatic rings. The van der Waals surface area contributed by atoms with Crippen molar-refractivity contribution in [1.82, 2.24) is 4.98 Å². The van der Waals surface area contributed by atoms with Gasteiger partial charge in [0, 0.05) is 35.2 Å². The zero-order valence-corrected chi connectivity index (χ0v) is 8.74. The molecule has 2 atom stereocenters. The van der Waals surface area contributed by atoms with Crippen molar-refractivity contribution in [2.45, 2.75) is 22.6 Å². The highest BCUT2D eigenvalue weighted by atomic mass is 32.2. The van der Waals surface area contributed by atoms with E-state index in [1.54, 1.807) is 24.2 Å². The van der Waals surface area contributed by atoms with E-state index in [1.807, 2.05) is 12.1 Å². The maximum atomic E-state index is 6.01. The van der Waals surface area contributed by atoms with Crippen molar-refractivity contribution in [1.29, 1.82) is 0 Å². The average molecular weight is 210 g/mol. The number of pyridine rings is 1. The summed E-state index contributed by atoms with van der Waals surface area (Å²) in [5.41, 5.74) is 6.01. The molecule has 0 aliphatic carbocycles. The summed E-state index contributed by atoms with van der Waals surface area (Å²) in [6.07, 6.45) is 4.57. The van der Waals surface area contributed by atoms with Crippen LogP contribution in [0.4, 0.5) is 0 Å². The Hall–Kier alpha value is -0.580. The molecule has 2 N–H and O–H groups in total. The maximum Gasteiger partial charge on any atom is 0.0603 e. The van der Waals surface area contributed by atoms with Gasteiger partial charge in [0.2, 0.25) is 0 Å². The molecule has 0 bridgehead atoms. The monoisotopic (exact) mass is 210 g/mol. The van der Waals surface area contributed by atoms with Gasteiger partial charge in [-0.1, -0.05) is 0 Å². The fraction of sp³-hybridized carbons (Fsp3) is 0.500. The van der Waals surface area contributed by atoms with Gasteiger partial charge >= 0.3 is 0 Å². The Kier molecular flexibility index (Phi) is 3.39. The number of hydrogen-bond acceptors (Lipinski definition) is 4. The molecule has 0 saturated carbocycles. The standard InChI is InChI=1S/C10H14N2OS/c11-9-3-6-13-7-10(9)14-8-1-4-12-5-2-8/h1-2,4-5,9-10H,3,6-7,11H2. The third kappa shape index (κ3) is 2.47. The topological polar surface area (TPSA) is 48.1 Å². The van der Waals surface area contributed by atoms with E-state index in [9.17, 15) is 0 Å². The minimum absolute atomic E-state index is 0.252. The van der Waals surface area contributed by atoms with Crippen LogP contribution in [0.1, 0.15) is 6.42 Å².